The molecular formula is C12H24N2O2. The van der Waals surface area contributed by atoms with E-state index < -0.39 is 0 Å². The molecule has 4 heteroatoms. The van der Waals surface area contributed by atoms with Crippen LogP contribution in [-0.4, -0.2) is 47.7 Å². The zero-order chi connectivity index (χ0) is 12.1. The van der Waals surface area contributed by atoms with E-state index in [1.807, 2.05) is 25.7 Å². The molecule has 0 saturated carbocycles. The molecule has 94 valence electrons. The lowest BCUT2D eigenvalue weighted by molar-refractivity contribution is -0.135. The van der Waals surface area contributed by atoms with E-state index in [1.165, 1.54) is 0 Å². The molecule has 1 aliphatic heterocycles. The lowest BCUT2D eigenvalue weighted by atomic mass is 9.96. The molecule has 4 nitrogen and oxygen atoms in total. The Bertz CT molecular complexity index is 233. The van der Waals surface area contributed by atoms with E-state index in [9.17, 15) is 9.90 Å². The lowest BCUT2D eigenvalue weighted by Gasteiger charge is -2.35. The van der Waals surface area contributed by atoms with Gasteiger partial charge < -0.3 is 15.3 Å². The number of rotatable bonds is 4. The molecule has 1 amide bonds. The second kappa shape index (κ2) is 6.21. The largest absolute Gasteiger partial charge is 0.393 e. The van der Waals surface area contributed by atoms with Gasteiger partial charge in [0, 0.05) is 25.6 Å². The monoisotopic (exact) mass is 228 g/mol. The molecule has 3 unspecified atom stereocenters. The second-order valence-electron chi connectivity index (χ2n) is 4.84. The van der Waals surface area contributed by atoms with Gasteiger partial charge in [-0.2, -0.15) is 0 Å². The first-order valence-corrected chi connectivity index (χ1v) is 6.23. The van der Waals surface area contributed by atoms with Gasteiger partial charge in [0.05, 0.1) is 6.10 Å². The summed E-state index contributed by atoms with van der Waals surface area (Å²) in [4.78, 5) is 13.8. The first kappa shape index (κ1) is 13.5. The molecule has 1 saturated heterocycles. The van der Waals surface area contributed by atoms with E-state index in [1.54, 1.807) is 0 Å². The molecule has 0 aliphatic carbocycles. The summed E-state index contributed by atoms with van der Waals surface area (Å²) in [6.45, 7) is 8.35. The van der Waals surface area contributed by atoms with E-state index in [-0.39, 0.29) is 24.0 Å². The first-order valence-electron chi connectivity index (χ1n) is 6.23. The minimum absolute atomic E-state index is 0.201. The molecule has 2 N–H and O–H groups in total. The van der Waals surface area contributed by atoms with E-state index in [4.69, 9.17) is 0 Å². The highest BCUT2D eigenvalue weighted by molar-refractivity contribution is 5.76. The summed E-state index contributed by atoms with van der Waals surface area (Å²) < 4.78 is 0. The Labute approximate surface area is 98.0 Å². The van der Waals surface area contributed by atoms with Crippen molar-refractivity contribution in [1.82, 2.24) is 10.2 Å². The SMILES string of the molecule is CCNC(C)CC(=O)N1CCC(O)C(C)C1. The molecule has 1 aliphatic rings. The fraction of sp³-hybridized carbons (Fsp3) is 0.917. The average molecular weight is 228 g/mol. The van der Waals surface area contributed by atoms with Crippen LogP contribution in [0.5, 0.6) is 0 Å². The molecule has 3 atom stereocenters. The van der Waals surface area contributed by atoms with E-state index in [2.05, 4.69) is 5.32 Å². The van der Waals surface area contributed by atoms with Crippen molar-refractivity contribution in [2.75, 3.05) is 19.6 Å². The maximum Gasteiger partial charge on any atom is 0.224 e. The molecule has 0 aromatic rings. The van der Waals surface area contributed by atoms with Crippen LogP contribution in [0.25, 0.3) is 0 Å². The summed E-state index contributed by atoms with van der Waals surface area (Å²) in [7, 11) is 0. The van der Waals surface area contributed by atoms with Crippen LogP contribution in [0.3, 0.4) is 0 Å². The fourth-order valence-corrected chi connectivity index (χ4v) is 2.17. The summed E-state index contributed by atoms with van der Waals surface area (Å²) in [5.74, 6) is 0.402. The maximum atomic E-state index is 11.9. The van der Waals surface area contributed by atoms with Crippen molar-refractivity contribution >= 4 is 5.91 Å². The summed E-state index contributed by atoms with van der Waals surface area (Å²) in [5, 5.41) is 12.8. The number of aliphatic hydroxyl groups is 1. The molecule has 0 spiro atoms. The van der Waals surface area contributed by atoms with Gasteiger partial charge in [0.15, 0.2) is 0 Å². The van der Waals surface area contributed by atoms with Gasteiger partial charge in [-0.3, -0.25) is 4.79 Å². The zero-order valence-electron chi connectivity index (χ0n) is 10.6. The third-order valence-electron chi connectivity index (χ3n) is 3.25. The number of amides is 1. The highest BCUT2D eigenvalue weighted by atomic mass is 16.3. The maximum absolute atomic E-state index is 11.9. The van der Waals surface area contributed by atoms with Crippen molar-refractivity contribution in [1.29, 1.82) is 0 Å². The number of carbonyl (C=O) groups excluding carboxylic acids is 1. The van der Waals surface area contributed by atoms with Crippen molar-refractivity contribution in [3.05, 3.63) is 0 Å². The standard InChI is InChI=1S/C12H24N2O2/c1-4-13-10(3)7-12(16)14-6-5-11(15)9(2)8-14/h9-11,13,15H,4-8H2,1-3H3. The molecule has 1 rings (SSSR count). The summed E-state index contributed by atoms with van der Waals surface area (Å²) in [6, 6.07) is 0.236. The van der Waals surface area contributed by atoms with Gasteiger partial charge in [-0.05, 0) is 25.8 Å². The van der Waals surface area contributed by atoms with Crippen LogP contribution in [0.2, 0.25) is 0 Å². The van der Waals surface area contributed by atoms with Crippen LogP contribution in [0.4, 0.5) is 0 Å². The predicted octanol–water partition coefficient (Wildman–Crippen LogP) is 0.604. The van der Waals surface area contributed by atoms with Crippen molar-refractivity contribution in [3.63, 3.8) is 0 Å². The van der Waals surface area contributed by atoms with Gasteiger partial charge in [0.25, 0.3) is 0 Å². The molecule has 0 radical (unpaired) electrons. The molecule has 0 aromatic carbocycles. The smallest absolute Gasteiger partial charge is 0.224 e. The van der Waals surface area contributed by atoms with Gasteiger partial charge in [0.2, 0.25) is 5.91 Å². The Morgan fingerprint density at radius 3 is 2.88 bits per heavy atom. The Morgan fingerprint density at radius 2 is 2.31 bits per heavy atom. The van der Waals surface area contributed by atoms with Gasteiger partial charge in [-0.15, -0.1) is 0 Å². The van der Waals surface area contributed by atoms with Crippen LogP contribution in [0.1, 0.15) is 33.6 Å². The summed E-state index contributed by atoms with van der Waals surface area (Å²) in [5.41, 5.74) is 0. The van der Waals surface area contributed by atoms with Crippen molar-refractivity contribution in [2.45, 2.75) is 45.8 Å². The van der Waals surface area contributed by atoms with Gasteiger partial charge >= 0.3 is 0 Å². The minimum Gasteiger partial charge on any atom is -0.393 e. The Kier molecular flexibility index (Phi) is 5.22. The molecule has 0 bridgehead atoms. The first-order chi connectivity index (χ1) is 7.54. The Morgan fingerprint density at radius 1 is 1.62 bits per heavy atom. The van der Waals surface area contributed by atoms with Gasteiger partial charge in [-0.1, -0.05) is 13.8 Å². The van der Waals surface area contributed by atoms with Crippen molar-refractivity contribution < 1.29 is 9.90 Å². The molecule has 16 heavy (non-hydrogen) atoms. The van der Waals surface area contributed by atoms with Crippen LogP contribution < -0.4 is 5.32 Å². The highest BCUT2D eigenvalue weighted by Gasteiger charge is 2.27. The lowest BCUT2D eigenvalue weighted by Crippen LogP contribution is -2.46. The summed E-state index contributed by atoms with van der Waals surface area (Å²) in [6.07, 6.45) is 1.02. The number of hydrogen-bond donors (Lipinski definition) is 2. The van der Waals surface area contributed by atoms with E-state index >= 15 is 0 Å². The van der Waals surface area contributed by atoms with Crippen LogP contribution in [0, 0.1) is 5.92 Å². The highest BCUT2D eigenvalue weighted by Crippen LogP contribution is 2.17. The van der Waals surface area contributed by atoms with E-state index in [0.29, 0.717) is 25.9 Å². The number of likely N-dealkylation sites (tertiary alicyclic amines) is 1. The van der Waals surface area contributed by atoms with Crippen molar-refractivity contribution in [3.8, 4) is 0 Å². The number of piperidine rings is 1. The topological polar surface area (TPSA) is 52.6 Å². The van der Waals surface area contributed by atoms with Gasteiger partial charge in [0.1, 0.15) is 0 Å². The van der Waals surface area contributed by atoms with Crippen molar-refractivity contribution in [2.24, 2.45) is 5.92 Å². The number of hydrogen-bond acceptors (Lipinski definition) is 3. The average Bonchev–Trinajstić information content (AvgIpc) is 2.22. The third kappa shape index (κ3) is 3.76. The molecule has 0 aromatic heterocycles. The van der Waals surface area contributed by atoms with Crippen LogP contribution in [-0.2, 0) is 4.79 Å². The molecule has 1 fully saturated rings. The normalized spacial score (nSPS) is 27.9. The second-order valence-corrected chi connectivity index (χ2v) is 4.84. The molecule has 1 heterocycles. The zero-order valence-corrected chi connectivity index (χ0v) is 10.6. The number of carbonyl (C=O) groups is 1. The third-order valence-corrected chi connectivity index (χ3v) is 3.25. The van der Waals surface area contributed by atoms with Crippen LogP contribution >= 0.6 is 0 Å². The summed E-state index contributed by atoms with van der Waals surface area (Å²) >= 11 is 0. The van der Waals surface area contributed by atoms with Gasteiger partial charge in [-0.25, -0.2) is 0 Å². The fourth-order valence-electron chi connectivity index (χ4n) is 2.17. The number of nitrogens with zero attached hydrogens (tertiary/aromatic N) is 1. The quantitative estimate of drug-likeness (QED) is 0.741. The number of aliphatic hydroxyl groups excluding tert-OH is 1. The van der Waals surface area contributed by atoms with Crippen LogP contribution in [0.15, 0.2) is 0 Å². The Hall–Kier alpha value is -0.610. The predicted molar refractivity (Wildman–Crippen MR) is 64.1 cm³/mol. The number of nitrogens with one attached hydrogen (secondary N) is 1. The Balaban J connectivity index is 2.37. The van der Waals surface area contributed by atoms with E-state index in [0.717, 1.165) is 6.54 Å². The minimum atomic E-state index is -0.241. The molecular weight excluding hydrogens is 204 g/mol.